The monoisotopic (exact) mass is 244 g/mol. The SMILES string of the molecule is CC(CCN)SCCn1cc(C(=O)O)nn1. The van der Waals surface area contributed by atoms with E-state index in [-0.39, 0.29) is 5.69 Å². The molecule has 6 nitrogen and oxygen atoms in total. The van der Waals surface area contributed by atoms with E-state index in [0.717, 1.165) is 12.2 Å². The molecule has 0 amide bonds. The Morgan fingerprint density at radius 1 is 1.75 bits per heavy atom. The van der Waals surface area contributed by atoms with Gasteiger partial charge in [-0.15, -0.1) is 5.10 Å². The molecule has 7 heteroatoms. The van der Waals surface area contributed by atoms with E-state index in [1.54, 1.807) is 16.4 Å². The van der Waals surface area contributed by atoms with Crippen LogP contribution in [-0.2, 0) is 6.54 Å². The van der Waals surface area contributed by atoms with Gasteiger partial charge in [-0.2, -0.15) is 11.8 Å². The van der Waals surface area contributed by atoms with Crippen molar-refractivity contribution < 1.29 is 9.90 Å². The van der Waals surface area contributed by atoms with Gasteiger partial charge in [0.25, 0.3) is 0 Å². The Kier molecular flexibility index (Phi) is 5.27. The van der Waals surface area contributed by atoms with Crippen LogP contribution < -0.4 is 5.73 Å². The molecule has 0 aliphatic rings. The van der Waals surface area contributed by atoms with Crippen LogP contribution in [0.2, 0.25) is 0 Å². The molecular weight excluding hydrogens is 228 g/mol. The van der Waals surface area contributed by atoms with Crippen molar-refractivity contribution in [3.8, 4) is 0 Å². The van der Waals surface area contributed by atoms with E-state index in [1.165, 1.54) is 6.20 Å². The minimum absolute atomic E-state index is 0.0139. The van der Waals surface area contributed by atoms with E-state index < -0.39 is 5.97 Å². The molecule has 1 heterocycles. The maximum Gasteiger partial charge on any atom is 0.358 e. The normalized spacial score (nSPS) is 12.6. The smallest absolute Gasteiger partial charge is 0.358 e. The highest BCUT2D eigenvalue weighted by atomic mass is 32.2. The Balaban J connectivity index is 2.29. The first kappa shape index (κ1) is 13.0. The van der Waals surface area contributed by atoms with E-state index >= 15 is 0 Å². The van der Waals surface area contributed by atoms with Crippen LogP contribution in [0.25, 0.3) is 0 Å². The van der Waals surface area contributed by atoms with Crippen molar-refractivity contribution in [2.45, 2.75) is 25.1 Å². The summed E-state index contributed by atoms with van der Waals surface area (Å²) in [5.74, 6) is -0.167. The number of carboxylic acid groups (broad SMARTS) is 1. The molecular formula is C9H16N4O2S. The molecule has 0 saturated heterocycles. The molecule has 0 aliphatic carbocycles. The predicted molar refractivity (Wildman–Crippen MR) is 62.6 cm³/mol. The first-order valence-electron chi connectivity index (χ1n) is 5.08. The summed E-state index contributed by atoms with van der Waals surface area (Å²) in [4.78, 5) is 10.5. The van der Waals surface area contributed by atoms with Gasteiger partial charge in [-0.25, -0.2) is 4.79 Å². The second kappa shape index (κ2) is 6.49. The predicted octanol–water partition coefficient (Wildman–Crippen LogP) is 0.447. The molecule has 0 saturated carbocycles. The zero-order valence-corrected chi connectivity index (χ0v) is 9.98. The third kappa shape index (κ3) is 4.19. The van der Waals surface area contributed by atoms with Crippen molar-refractivity contribution in [1.82, 2.24) is 15.0 Å². The Labute approximate surface area is 98.2 Å². The van der Waals surface area contributed by atoms with E-state index in [4.69, 9.17) is 10.8 Å². The summed E-state index contributed by atoms with van der Waals surface area (Å²) in [6, 6.07) is 0. The molecule has 0 spiro atoms. The van der Waals surface area contributed by atoms with E-state index in [9.17, 15) is 4.79 Å². The largest absolute Gasteiger partial charge is 0.476 e. The molecule has 0 bridgehead atoms. The minimum atomic E-state index is -1.05. The van der Waals surface area contributed by atoms with Crippen molar-refractivity contribution in [2.24, 2.45) is 5.73 Å². The van der Waals surface area contributed by atoms with Crippen molar-refractivity contribution in [3.63, 3.8) is 0 Å². The summed E-state index contributed by atoms with van der Waals surface area (Å²) >= 11 is 1.80. The second-order valence-corrected chi connectivity index (χ2v) is 4.98. The average Bonchev–Trinajstić information content (AvgIpc) is 2.67. The number of hydrogen-bond donors (Lipinski definition) is 2. The summed E-state index contributed by atoms with van der Waals surface area (Å²) in [5, 5.41) is 16.4. The highest BCUT2D eigenvalue weighted by molar-refractivity contribution is 7.99. The molecule has 3 N–H and O–H groups in total. The van der Waals surface area contributed by atoms with Crippen molar-refractivity contribution >= 4 is 17.7 Å². The minimum Gasteiger partial charge on any atom is -0.476 e. The number of rotatable bonds is 7. The number of thioether (sulfide) groups is 1. The van der Waals surface area contributed by atoms with Gasteiger partial charge >= 0.3 is 5.97 Å². The highest BCUT2D eigenvalue weighted by Gasteiger charge is 2.08. The van der Waals surface area contributed by atoms with Crippen LogP contribution in [0.5, 0.6) is 0 Å². The Hall–Kier alpha value is -1.08. The number of nitrogens with zero attached hydrogens (tertiary/aromatic N) is 3. The van der Waals surface area contributed by atoms with Gasteiger partial charge in [-0.1, -0.05) is 12.1 Å². The third-order valence-corrected chi connectivity index (χ3v) is 3.28. The first-order valence-corrected chi connectivity index (χ1v) is 6.13. The van der Waals surface area contributed by atoms with Gasteiger partial charge in [-0.05, 0) is 13.0 Å². The molecule has 1 aromatic heterocycles. The van der Waals surface area contributed by atoms with Crippen LogP contribution in [0, 0.1) is 0 Å². The van der Waals surface area contributed by atoms with Crippen LogP contribution in [0.3, 0.4) is 0 Å². The molecule has 0 radical (unpaired) electrons. The van der Waals surface area contributed by atoms with Gasteiger partial charge in [0.1, 0.15) is 0 Å². The van der Waals surface area contributed by atoms with Crippen LogP contribution in [0.1, 0.15) is 23.8 Å². The lowest BCUT2D eigenvalue weighted by atomic mass is 10.3. The van der Waals surface area contributed by atoms with Crippen molar-refractivity contribution in [3.05, 3.63) is 11.9 Å². The van der Waals surface area contributed by atoms with E-state index in [2.05, 4.69) is 17.2 Å². The number of hydrogen-bond acceptors (Lipinski definition) is 5. The van der Waals surface area contributed by atoms with Gasteiger partial charge in [0.15, 0.2) is 5.69 Å². The molecule has 0 aliphatic heterocycles. The summed E-state index contributed by atoms with van der Waals surface area (Å²) in [6.07, 6.45) is 2.43. The van der Waals surface area contributed by atoms with Crippen LogP contribution in [-0.4, -0.2) is 43.6 Å². The molecule has 0 aromatic carbocycles. The lowest BCUT2D eigenvalue weighted by Crippen LogP contribution is -2.09. The molecule has 1 unspecified atom stereocenters. The zero-order valence-electron chi connectivity index (χ0n) is 9.17. The fourth-order valence-electron chi connectivity index (χ4n) is 1.17. The van der Waals surface area contributed by atoms with Gasteiger partial charge in [0.2, 0.25) is 0 Å². The second-order valence-electron chi connectivity index (χ2n) is 3.43. The summed E-state index contributed by atoms with van der Waals surface area (Å²) in [7, 11) is 0. The molecule has 16 heavy (non-hydrogen) atoms. The summed E-state index contributed by atoms with van der Waals surface area (Å²) in [6.45, 7) is 3.49. The summed E-state index contributed by atoms with van der Waals surface area (Å²) < 4.78 is 1.55. The standard InChI is InChI=1S/C9H16N4O2S/c1-7(2-3-10)16-5-4-13-6-8(9(14)15)11-12-13/h6-7H,2-5,10H2,1H3,(H,14,15). The van der Waals surface area contributed by atoms with Crippen molar-refractivity contribution in [2.75, 3.05) is 12.3 Å². The van der Waals surface area contributed by atoms with E-state index in [0.29, 0.717) is 18.3 Å². The number of aromatic nitrogens is 3. The summed E-state index contributed by atoms with van der Waals surface area (Å²) in [5.41, 5.74) is 5.43. The molecule has 1 rings (SSSR count). The zero-order chi connectivity index (χ0) is 12.0. The lowest BCUT2D eigenvalue weighted by Gasteiger charge is -2.08. The molecule has 1 atom stereocenters. The Morgan fingerprint density at radius 3 is 3.06 bits per heavy atom. The quantitative estimate of drug-likeness (QED) is 0.723. The van der Waals surface area contributed by atoms with Gasteiger partial charge in [0.05, 0.1) is 12.7 Å². The van der Waals surface area contributed by atoms with Crippen LogP contribution >= 0.6 is 11.8 Å². The molecule has 1 aromatic rings. The third-order valence-electron chi connectivity index (χ3n) is 2.05. The molecule has 0 fully saturated rings. The molecule has 90 valence electrons. The first-order chi connectivity index (χ1) is 7.63. The average molecular weight is 244 g/mol. The van der Waals surface area contributed by atoms with Gasteiger partial charge < -0.3 is 10.8 Å². The number of carbonyl (C=O) groups is 1. The number of nitrogens with two attached hydrogens (primary N) is 1. The lowest BCUT2D eigenvalue weighted by molar-refractivity contribution is 0.0690. The van der Waals surface area contributed by atoms with Gasteiger partial charge in [-0.3, -0.25) is 4.68 Å². The topological polar surface area (TPSA) is 94.0 Å². The maximum absolute atomic E-state index is 10.5. The highest BCUT2D eigenvalue weighted by Crippen LogP contribution is 2.13. The fourth-order valence-corrected chi connectivity index (χ4v) is 2.17. The Bertz CT molecular complexity index is 342. The van der Waals surface area contributed by atoms with Crippen LogP contribution in [0.4, 0.5) is 0 Å². The Morgan fingerprint density at radius 2 is 2.50 bits per heavy atom. The number of aromatic carboxylic acids is 1. The van der Waals surface area contributed by atoms with E-state index in [1.807, 2.05) is 0 Å². The maximum atomic E-state index is 10.5. The number of aryl methyl sites for hydroxylation is 1. The fraction of sp³-hybridized carbons (Fsp3) is 0.667. The van der Waals surface area contributed by atoms with Crippen LogP contribution in [0.15, 0.2) is 6.20 Å². The van der Waals surface area contributed by atoms with Gasteiger partial charge in [0, 0.05) is 11.0 Å². The number of carboxylic acids is 1. The van der Waals surface area contributed by atoms with Crippen molar-refractivity contribution in [1.29, 1.82) is 0 Å².